The Kier molecular flexibility index (Phi) is 4.09. The maximum absolute atomic E-state index is 9.00. The first-order chi connectivity index (χ1) is 7.85. The fraction of sp³-hybridized carbons (Fsp3) is 0.800. The second-order valence-electron chi connectivity index (χ2n) is 3.91. The van der Waals surface area contributed by atoms with Gasteiger partial charge >= 0.3 is 0 Å². The first-order valence-corrected chi connectivity index (χ1v) is 6.31. The van der Waals surface area contributed by atoms with Crippen molar-refractivity contribution in [3.63, 3.8) is 0 Å². The lowest BCUT2D eigenvalue weighted by molar-refractivity contribution is 0.203. The van der Waals surface area contributed by atoms with Gasteiger partial charge in [0.05, 0.1) is 13.2 Å². The highest BCUT2D eigenvalue weighted by Gasteiger charge is 2.28. The van der Waals surface area contributed by atoms with Crippen molar-refractivity contribution in [2.75, 3.05) is 38.3 Å². The van der Waals surface area contributed by atoms with Crippen molar-refractivity contribution < 1.29 is 9.84 Å². The predicted octanol–water partition coefficient (Wildman–Crippen LogP) is 0.861. The van der Waals surface area contributed by atoms with Gasteiger partial charge < -0.3 is 14.7 Å². The molecule has 1 aromatic rings. The molecule has 1 aliphatic carbocycles. The summed E-state index contributed by atoms with van der Waals surface area (Å²) in [7, 11) is 1.67. The molecule has 6 heteroatoms. The summed E-state index contributed by atoms with van der Waals surface area (Å²) in [6.45, 7) is 2.10. The normalized spacial score (nSPS) is 15.4. The molecule has 5 nitrogen and oxygen atoms in total. The van der Waals surface area contributed by atoms with E-state index in [9.17, 15) is 0 Å². The lowest BCUT2D eigenvalue weighted by Gasteiger charge is -2.19. The third kappa shape index (κ3) is 2.90. The molecule has 1 saturated carbocycles. The highest BCUT2D eigenvalue weighted by molar-refractivity contribution is 7.09. The van der Waals surface area contributed by atoms with Crippen LogP contribution in [-0.4, -0.2) is 47.9 Å². The van der Waals surface area contributed by atoms with Crippen LogP contribution in [0.1, 0.15) is 24.6 Å². The molecule has 1 N–H and O–H groups in total. The molecular formula is C10H17N3O2S. The number of anilines is 1. The molecule has 0 unspecified atom stereocenters. The zero-order valence-corrected chi connectivity index (χ0v) is 10.2. The Morgan fingerprint density at radius 1 is 1.50 bits per heavy atom. The zero-order chi connectivity index (χ0) is 11.4. The van der Waals surface area contributed by atoms with E-state index in [2.05, 4.69) is 9.36 Å². The molecule has 0 aromatic carbocycles. The van der Waals surface area contributed by atoms with E-state index in [4.69, 9.17) is 9.84 Å². The molecule has 0 spiro atoms. The predicted molar refractivity (Wildman–Crippen MR) is 63.1 cm³/mol. The highest BCUT2D eigenvalue weighted by Crippen LogP contribution is 2.39. The van der Waals surface area contributed by atoms with Gasteiger partial charge in [-0.3, -0.25) is 0 Å². The second kappa shape index (κ2) is 5.56. The van der Waals surface area contributed by atoms with Crippen molar-refractivity contribution in [1.29, 1.82) is 0 Å². The van der Waals surface area contributed by atoms with Gasteiger partial charge in [-0.1, -0.05) is 0 Å². The fourth-order valence-corrected chi connectivity index (χ4v) is 2.28. The van der Waals surface area contributed by atoms with Gasteiger partial charge in [0.1, 0.15) is 5.82 Å². The van der Waals surface area contributed by atoms with Crippen molar-refractivity contribution in [3.05, 3.63) is 5.82 Å². The average Bonchev–Trinajstić information content (AvgIpc) is 3.03. The van der Waals surface area contributed by atoms with Crippen molar-refractivity contribution in [2.24, 2.45) is 0 Å². The lowest BCUT2D eigenvalue weighted by atomic mass is 10.4. The topological polar surface area (TPSA) is 58.5 Å². The van der Waals surface area contributed by atoms with Crippen LogP contribution in [0.25, 0.3) is 0 Å². The van der Waals surface area contributed by atoms with Crippen LogP contribution < -0.4 is 4.90 Å². The lowest BCUT2D eigenvalue weighted by Crippen LogP contribution is -2.30. The molecule has 0 atom stereocenters. The Bertz CT molecular complexity index is 328. The number of aliphatic hydroxyl groups excluding tert-OH is 1. The first-order valence-electron chi connectivity index (χ1n) is 5.53. The van der Waals surface area contributed by atoms with Crippen molar-refractivity contribution in [3.8, 4) is 0 Å². The van der Waals surface area contributed by atoms with Gasteiger partial charge in [-0.15, -0.1) is 0 Å². The minimum Gasteiger partial charge on any atom is -0.395 e. The number of hydrogen-bond acceptors (Lipinski definition) is 6. The maximum atomic E-state index is 9.00. The fourth-order valence-electron chi connectivity index (χ4n) is 1.49. The number of ether oxygens (including phenoxy) is 1. The molecule has 1 fully saturated rings. The van der Waals surface area contributed by atoms with Gasteiger partial charge in [-0.2, -0.15) is 4.37 Å². The standard InChI is InChI=1S/C10H17N3O2S/c1-15-7-5-13(4-6-14)10-11-9(12-16-10)8-2-3-8/h8,14H,2-7H2,1H3. The first kappa shape index (κ1) is 11.8. The number of methoxy groups -OCH3 is 1. The van der Waals surface area contributed by atoms with Gasteiger partial charge in [0.25, 0.3) is 0 Å². The van der Waals surface area contributed by atoms with E-state index in [1.54, 1.807) is 7.11 Å². The Morgan fingerprint density at radius 3 is 2.94 bits per heavy atom. The van der Waals surface area contributed by atoms with E-state index in [1.165, 1.54) is 24.4 Å². The molecule has 1 heterocycles. The summed E-state index contributed by atoms with van der Waals surface area (Å²) in [4.78, 5) is 6.53. The summed E-state index contributed by atoms with van der Waals surface area (Å²) in [5.74, 6) is 1.56. The molecule has 0 bridgehead atoms. The molecule has 0 radical (unpaired) electrons. The van der Waals surface area contributed by atoms with Crippen molar-refractivity contribution >= 4 is 16.7 Å². The van der Waals surface area contributed by atoms with Gasteiger partial charge in [-0.25, -0.2) is 4.98 Å². The summed E-state index contributed by atoms with van der Waals surface area (Å²) in [5.41, 5.74) is 0. The molecule has 0 amide bonds. The number of rotatable bonds is 7. The molecule has 16 heavy (non-hydrogen) atoms. The largest absolute Gasteiger partial charge is 0.395 e. The van der Waals surface area contributed by atoms with Crippen LogP contribution >= 0.6 is 11.5 Å². The van der Waals surface area contributed by atoms with Crippen LogP contribution in [0.4, 0.5) is 5.13 Å². The van der Waals surface area contributed by atoms with Gasteiger partial charge in [0.15, 0.2) is 0 Å². The van der Waals surface area contributed by atoms with Crippen molar-refractivity contribution in [2.45, 2.75) is 18.8 Å². The quantitative estimate of drug-likeness (QED) is 0.769. The van der Waals surface area contributed by atoms with E-state index in [-0.39, 0.29) is 6.61 Å². The highest BCUT2D eigenvalue weighted by atomic mass is 32.1. The number of hydrogen-bond donors (Lipinski definition) is 1. The minimum atomic E-state index is 0.127. The van der Waals surface area contributed by atoms with E-state index in [1.807, 2.05) is 4.90 Å². The summed E-state index contributed by atoms with van der Waals surface area (Å²) in [6.07, 6.45) is 2.43. The van der Waals surface area contributed by atoms with Gasteiger partial charge in [0.2, 0.25) is 5.13 Å². The SMILES string of the molecule is COCCN(CCO)c1nc(C2CC2)ns1. The Hall–Kier alpha value is -0.720. The molecule has 1 aromatic heterocycles. The average molecular weight is 243 g/mol. The van der Waals surface area contributed by atoms with Gasteiger partial charge in [-0.05, 0) is 12.8 Å². The maximum Gasteiger partial charge on any atom is 0.205 e. The van der Waals surface area contributed by atoms with Crippen LogP contribution in [0.2, 0.25) is 0 Å². The third-order valence-electron chi connectivity index (χ3n) is 2.58. The smallest absolute Gasteiger partial charge is 0.205 e. The number of aliphatic hydroxyl groups is 1. The summed E-state index contributed by atoms with van der Waals surface area (Å²) in [6, 6.07) is 0. The molecule has 2 rings (SSSR count). The molecule has 0 aliphatic heterocycles. The van der Waals surface area contributed by atoms with E-state index in [0.29, 0.717) is 19.1 Å². The van der Waals surface area contributed by atoms with Crippen LogP contribution in [0.15, 0.2) is 0 Å². The summed E-state index contributed by atoms with van der Waals surface area (Å²) in [5, 5.41) is 9.90. The van der Waals surface area contributed by atoms with E-state index in [0.717, 1.165) is 17.5 Å². The monoisotopic (exact) mass is 243 g/mol. The minimum absolute atomic E-state index is 0.127. The molecule has 1 aliphatic rings. The molecule has 0 saturated heterocycles. The van der Waals surface area contributed by atoms with Crippen molar-refractivity contribution in [1.82, 2.24) is 9.36 Å². The third-order valence-corrected chi connectivity index (χ3v) is 3.37. The molecule has 90 valence electrons. The molecular weight excluding hydrogens is 226 g/mol. The van der Waals surface area contributed by atoms with E-state index < -0.39 is 0 Å². The Balaban J connectivity index is 1.98. The van der Waals surface area contributed by atoms with E-state index >= 15 is 0 Å². The zero-order valence-electron chi connectivity index (χ0n) is 9.43. The Labute approximate surface area is 99.2 Å². The Morgan fingerprint density at radius 2 is 2.31 bits per heavy atom. The van der Waals surface area contributed by atoms with Crippen LogP contribution in [-0.2, 0) is 4.74 Å². The summed E-state index contributed by atoms with van der Waals surface area (Å²) < 4.78 is 9.40. The number of aromatic nitrogens is 2. The van der Waals surface area contributed by atoms with Crippen LogP contribution in [0.3, 0.4) is 0 Å². The van der Waals surface area contributed by atoms with Crippen LogP contribution in [0, 0.1) is 0 Å². The summed E-state index contributed by atoms with van der Waals surface area (Å²) >= 11 is 1.41. The van der Waals surface area contributed by atoms with Gasteiger partial charge in [0, 0.05) is 37.6 Å². The number of nitrogens with zero attached hydrogens (tertiary/aromatic N) is 3. The second-order valence-corrected chi connectivity index (χ2v) is 4.64. The van der Waals surface area contributed by atoms with Crippen LogP contribution in [0.5, 0.6) is 0 Å².